The Morgan fingerprint density at radius 3 is 2.29 bits per heavy atom. The van der Waals surface area contributed by atoms with Crippen molar-refractivity contribution in [1.29, 1.82) is 0 Å². The molecule has 0 saturated carbocycles. The summed E-state index contributed by atoms with van der Waals surface area (Å²) in [4.78, 5) is 12.6. The van der Waals surface area contributed by atoms with E-state index in [1.807, 2.05) is 32.9 Å². The molecule has 0 bridgehead atoms. The van der Waals surface area contributed by atoms with Gasteiger partial charge in [0.15, 0.2) is 0 Å². The van der Waals surface area contributed by atoms with Crippen LogP contribution in [0.2, 0.25) is 0 Å². The fourth-order valence-electron chi connectivity index (χ4n) is 1.87. The first-order valence-corrected chi connectivity index (χ1v) is 7.43. The molecular weight excluding hydrogens is 334 g/mol. The third-order valence-corrected chi connectivity index (χ3v) is 4.06. The van der Waals surface area contributed by atoms with E-state index in [0.29, 0.717) is 24.5 Å². The molecule has 1 aromatic heterocycles. The van der Waals surface area contributed by atoms with Crippen molar-refractivity contribution in [3.05, 3.63) is 27.7 Å². The molecule has 2 N–H and O–H groups in total. The standard InChI is InChI=1S/C14H18BrN5O/c1-5-21-14-19-12(16-4)18-13(20-14)17-10-6-8(2)11(15)9(3)7-10/h6-7H,5H2,1-4H3,(H2,16,17,18,19,20). The summed E-state index contributed by atoms with van der Waals surface area (Å²) < 4.78 is 6.45. The number of nitrogens with zero attached hydrogens (tertiary/aromatic N) is 3. The third-order valence-electron chi connectivity index (χ3n) is 2.80. The second-order valence-electron chi connectivity index (χ2n) is 4.50. The normalized spacial score (nSPS) is 10.3. The quantitative estimate of drug-likeness (QED) is 0.859. The number of ether oxygens (including phenoxy) is 1. The lowest BCUT2D eigenvalue weighted by atomic mass is 10.1. The van der Waals surface area contributed by atoms with Crippen LogP contribution in [0.5, 0.6) is 6.01 Å². The van der Waals surface area contributed by atoms with Gasteiger partial charge in [0, 0.05) is 17.2 Å². The van der Waals surface area contributed by atoms with Crippen molar-refractivity contribution in [1.82, 2.24) is 15.0 Å². The maximum absolute atomic E-state index is 5.34. The van der Waals surface area contributed by atoms with E-state index in [1.165, 1.54) is 0 Å². The Balaban J connectivity index is 2.32. The van der Waals surface area contributed by atoms with Gasteiger partial charge in [0.1, 0.15) is 0 Å². The lowest BCUT2D eigenvalue weighted by molar-refractivity contribution is 0.312. The summed E-state index contributed by atoms with van der Waals surface area (Å²) in [5.74, 6) is 0.903. The van der Waals surface area contributed by atoms with Crippen LogP contribution in [-0.4, -0.2) is 28.6 Å². The molecule has 112 valence electrons. The van der Waals surface area contributed by atoms with Gasteiger partial charge in [-0.1, -0.05) is 15.9 Å². The summed E-state index contributed by atoms with van der Waals surface area (Å²) in [6.07, 6.45) is 0. The molecule has 0 aliphatic heterocycles. The molecular formula is C14H18BrN5O. The Labute approximate surface area is 132 Å². The molecule has 2 aromatic rings. The molecule has 2 rings (SSSR count). The molecule has 1 aromatic carbocycles. The molecule has 21 heavy (non-hydrogen) atoms. The largest absolute Gasteiger partial charge is 0.464 e. The van der Waals surface area contributed by atoms with Crippen LogP contribution in [0.25, 0.3) is 0 Å². The smallest absolute Gasteiger partial charge is 0.323 e. The zero-order valence-electron chi connectivity index (χ0n) is 12.5. The van der Waals surface area contributed by atoms with Crippen molar-refractivity contribution >= 4 is 33.5 Å². The monoisotopic (exact) mass is 351 g/mol. The van der Waals surface area contributed by atoms with Crippen LogP contribution in [0.3, 0.4) is 0 Å². The van der Waals surface area contributed by atoms with E-state index in [4.69, 9.17) is 4.74 Å². The number of benzene rings is 1. The van der Waals surface area contributed by atoms with Gasteiger partial charge in [0.05, 0.1) is 6.61 Å². The summed E-state index contributed by atoms with van der Waals surface area (Å²) >= 11 is 3.55. The van der Waals surface area contributed by atoms with Crippen molar-refractivity contribution in [2.75, 3.05) is 24.3 Å². The zero-order chi connectivity index (χ0) is 15.4. The van der Waals surface area contributed by atoms with Crippen molar-refractivity contribution in [3.63, 3.8) is 0 Å². The molecule has 0 spiro atoms. The summed E-state index contributed by atoms with van der Waals surface area (Å²) in [7, 11) is 1.75. The maximum Gasteiger partial charge on any atom is 0.323 e. The zero-order valence-corrected chi connectivity index (χ0v) is 14.1. The van der Waals surface area contributed by atoms with Gasteiger partial charge in [0.2, 0.25) is 11.9 Å². The van der Waals surface area contributed by atoms with Crippen LogP contribution >= 0.6 is 15.9 Å². The molecule has 0 unspecified atom stereocenters. The Bertz CT molecular complexity index is 624. The van der Waals surface area contributed by atoms with E-state index in [-0.39, 0.29) is 0 Å². The number of halogens is 1. The second-order valence-corrected chi connectivity index (χ2v) is 5.29. The molecule has 0 aliphatic rings. The van der Waals surface area contributed by atoms with Gasteiger partial charge in [-0.25, -0.2) is 0 Å². The highest BCUT2D eigenvalue weighted by molar-refractivity contribution is 9.10. The lowest BCUT2D eigenvalue weighted by Crippen LogP contribution is -2.07. The second kappa shape index (κ2) is 6.71. The van der Waals surface area contributed by atoms with E-state index in [1.54, 1.807) is 7.05 Å². The number of hydrogen-bond donors (Lipinski definition) is 2. The van der Waals surface area contributed by atoms with Gasteiger partial charge >= 0.3 is 6.01 Å². The summed E-state index contributed by atoms with van der Waals surface area (Å²) in [5, 5.41) is 6.08. The number of anilines is 3. The molecule has 0 saturated heterocycles. The fourth-order valence-corrected chi connectivity index (χ4v) is 2.09. The van der Waals surface area contributed by atoms with Crippen LogP contribution in [0.4, 0.5) is 17.6 Å². The van der Waals surface area contributed by atoms with Gasteiger partial charge in [0.25, 0.3) is 0 Å². The first kappa shape index (κ1) is 15.5. The SMILES string of the molecule is CCOc1nc(NC)nc(Nc2cc(C)c(Br)c(C)c2)n1. The van der Waals surface area contributed by atoms with Gasteiger partial charge in [-0.3, -0.25) is 0 Å². The average molecular weight is 352 g/mol. The Morgan fingerprint density at radius 2 is 1.71 bits per heavy atom. The van der Waals surface area contributed by atoms with Crippen molar-refractivity contribution in [2.45, 2.75) is 20.8 Å². The molecule has 6 nitrogen and oxygen atoms in total. The highest BCUT2D eigenvalue weighted by Crippen LogP contribution is 2.26. The van der Waals surface area contributed by atoms with Crippen molar-refractivity contribution in [3.8, 4) is 6.01 Å². The number of hydrogen-bond acceptors (Lipinski definition) is 6. The van der Waals surface area contributed by atoms with Crippen molar-refractivity contribution in [2.24, 2.45) is 0 Å². The molecule has 0 fully saturated rings. The maximum atomic E-state index is 5.34. The molecule has 0 radical (unpaired) electrons. The summed E-state index contributed by atoms with van der Waals surface area (Å²) in [6.45, 7) is 6.47. The fraction of sp³-hybridized carbons (Fsp3) is 0.357. The first-order chi connectivity index (χ1) is 10.0. The summed E-state index contributed by atoms with van der Waals surface area (Å²) in [5.41, 5.74) is 3.21. The molecule has 0 atom stereocenters. The van der Waals surface area contributed by atoms with Gasteiger partial charge in [-0.05, 0) is 44.0 Å². The molecule has 1 heterocycles. The highest BCUT2D eigenvalue weighted by Gasteiger charge is 2.08. The third kappa shape index (κ3) is 3.81. The van der Waals surface area contributed by atoms with Crippen LogP contribution in [0.15, 0.2) is 16.6 Å². The summed E-state index contributed by atoms with van der Waals surface area (Å²) in [6, 6.07) is 4.35. The average Bonchev–Trinajstić information content (AvgIpc) is 2.44. The number of aromatic nitrogens is 3. The van der Waals surface area contributed by atoms with E-state index < -0.39 is 0 Å². The van der Waals surface area contributed by atoms with Crippen LogP contribution < -0.4 is 15.4 Å². The Kier molecular flexibility index (Phi) is 4.95. The predicted molar refractivity (Wildman–Crippen MR) is 87.4 cm³/mol. The first-order valence-electron chi connectivity index (χ1n) is 6.64. The number of nitrogens with one attached hydrogen (secondary N) is 2. The van der Waals surface area contributed by atoms with Crippen LogP contribution in [0.1, 0.15) is 18.1 Å². The molecule has 0 amide bonds. The van der Waals surface area contributed by atoms with E-state index >= 15 is 0 Å². The number of rotatable bonds is 5. The highest BCUT2D eigenvalue weighted by atomic mass is 79.9. The van der Waals surface area contributed by atoms with Crippen LogP contribution in [0, 0.1) is 13.8 Å². The van der Waals surface area contributed by atoms with Crippen LogP contribution in [-0.2, 0) is 0 Å². The number of aryl methyl sites for hydroxylation is 2. The van der Waals surface area contributed by atoms with E-state index in [9.17, 15) is 0 Å². The van der Waals surface area contributed by atoms with Gasteiger partial charge in [-0.2, -0.15) is 15.0 Å². The Morgan fingerprint density at radius 1 is 1.10 bits per heavy atom. The van der Waals surface area contributed by atoms with Gasteiger partial charge in [-0.15, -0.1) is 0 Å². The minimum Gasteiger partial charge on any atom is -0.464 e. The van der Waals surface area contributed by atoms with Crippen molar-refractivity contribution < 1.29 is 4.74 Å². The minimum absolute atomic E-state index is 0.296. The molecule has 0 aliphatic carbocycles. The molecule has 7 heteroatoms. The van der Waals surface area contributed by atoms with E-state index in [0.717, 1.165) is 21.3 Å². The lowest BCUT2D eigenvalue weighted by Gasteiger charge is -2.11. The topological polar surface area (TPSA) is 72.0 Å². The van der Waals surface area contributed by atoms with E-state index in [2.05, 4.69) is 41.5 Å². The minimum atomic E-state index is 0.296. The predicted octanol–water partition coefficient (Wildman–Crippen LogP) is 3.43. The van der Waals surface area contributed by atoms with Gasteiger partial charge < -0.3 is 15.4 Å². The Hall–Kier alpha value is -1.89.